The molecule has 0 aliphatic rings. The fourth-order valence-corrected chi connectivity index (χ4v) is 1.62. The topological polar surface area (TPSA) is 64.9 Å². The minimum absolute atomic E-state index is 0.128. The molecule has 94 valence electrons. The number of thiocarbonyl (C=S) groups is 1. The summed E-state index contributed by atoms with van der Waals surface area (Å²) >= 11 is 5.02. The van der Waals surface area contributed by atoms with Crippen LogP contribution < -0.4 is 10.6 Å². The van der Waals surface area contributed by atoms with E-state index in [1.807, 2.05) is 13.8 Å². The molecule has 2 N–H and O–H groups in total. The summed E-state index contributed by atoms with van der Waals surface area (Å²) in [5.41, 5.74) is 1.08. The molecule has 1 rings (SSSR count). The van der Waals surface area contributed by atoms with E-state index in [0.29, 0.717) is 17.7 Å². The fraction of sp³-hybridized carbons (Fsp3) is 0.308. The van der Waals surface area contributed by atoms with Gasteiger partial charge in [-0.1, -0.05) is 26.0 Å². The van der Waals surface area contributed by atoms with Crippen LogP contribution in [0.3, 0.4) is 0 Å². The molecule has 0 saturated heterocycles. The Morgan fingerprint density at radius 1 is 1.44 bits per heavy atom. The molecule has 18 heavy (non-hydrogen) atoms. The van der Waals surface area contributed by atoms with Crippen molar-refractivity contribution in [1.29, 1.82) is 5.26 Å². The van der Waals surface area contributed by atoms with Crippen molar-refractivity contribution in [3.63, 3.8) is 0 Å². The Balaban J connectivity index is 2.60. The third-order valence-corrected chi connectivity index (χ3v) is 2.35. The van der Waals surface area contributed by atoms with Crippen LogP contribution in [0.15, 0.2) is 24.3 Å². The SMILES string of the molecule is CC(C)CC(=O)NC(=S)Nc1ccccc1C#N. The third kappa shape index (κ3) is 4.52. The van der Waals surface area contributed by atoms with E-state index in [4.69, 9.17) is 17.5 Å². The molecule has 0 radical (unpaired) electrons. The summed E-state index contributed by atoms with van der Waals surface area (Å²) in [4.78, 5) is 11.5. The lowest BCUT2D eigenvalue weighted by atomic mass is 10.1. The maximum atomic E-state index is 11.5. The van der Waals surface area contributed by atoms with Crippen molar-refractivity contribution in [1.82, 2.24) is 5.32 Å². The molecule has 0 bridgehead atoms. The van der Waals surface area contributed by atoms with Crippen LogP contribution >= 0.6 is 12.2 Å². The van der Waals surface area contributed by atoms with Crippen molar-refractivity contribution >= 4 is 28.9 Å². The molecular weight excluding hydrogens is 246 g/mol. The number of rotatable bonds is 3. The number of para-hydroxylation sites is 1. The van der Waals surface area contributed by atoms with E-state index in [2.05, 4.69) is 16.7 Å². The lowest BCUT2D eigenvalue weighted by Gasteiger charge is -2.11. The van der Waals surface area contributed by atoms with Crippen LogP contribution in [0.5, 0.6) is 0 Å². The number of nitrogens with one attached hydrogen (secondary N) is 2. The molecule has 0 spiro atoms. The lowest BCUT2D eigenvalue weighted by molar-refractivity contribution is -0.120. The molecule has 0 aromatic heterocycles. The molecular formula is C13H15N3OS. The standard InChI is InChI=1S/C13H15N3OS/c1-9(2)7-12(17)16-13(18)15-11-6-4-3-5-10(11)8-14/h3-6,9H,7H2,1-2H3,(H2,15,16,17,18). The zero-order valence-electron chi connectivity index (χ0n) is 10.4. The minimum Gasteiger partial charge on any atom is -0.331 e. The van der Waals surface area contributed by atoms with E-state index in [0.717, 1.165) is 0 Å². The normalized spacial score (nSPS) is 9.67. The van der Waals surface area contributed by atoms with Crippen molar-refractivity contribution in [2.45, 2.75) is 20.3 Å². The Hall–Kier alpha value is -1.93. The molecule has 4 nitrogen and oxygen atoms in total. The van der Waals surface area contributed by atoms with Gasteiger partial charge in [0.05, 0.1) is 11.3 Å². The lowest BCUT2D eigenvalue weighted by Crippen LogP contribution is -2.34. The highest BCUT2D eigenvalue weighted by Gasteiger charge is 2.08. The van der Waals surface area contributed by atoms with Crippen molar-refractivity contribution in [2.24, 2.45) is 5.92 Å². The quantitative estimate of drug-likeness (QED) is 0.820. The third-order valence-electron chi connectivity index (χ3n) is 2.14. The minimum atomic E-state index is -0.128. The number of benzene rings is 1. The second-order valence-corrected chi connectivity index (χ2v) is 4.67. The van der Waals surface area contributed by atoms with Gasteiger partial charge in [0.15, 0.2) is 5.11 Å². The molecule has 0 unspecified atom stereocenters. The number of nitrogens with zero attached hydrogens (tertiary/aromatic N) is 1. The first-order chi connectivity index (χ1) is 8.52. The van der Waals surface area contributed by atoms with E-state index in [9.17, 15) is 4.79 Å². The Morgan fingerprint density at radius 2 is 2.11 bits per heavy atom. The average molecular weight is 261 g/mol. The summed E-state index contributed by atoms with van der Waals surface area (Å²) in [5, 5.41) is 14.5. The van der Waals surface area contributed by atoms with E-state index >= 15 is 0 Å². The van der Waals surface area contributed by atoms with Gasteiger partial charge in [-0.15, -0.1) is 0 Å². The maximum absolute atomic E-state index is 11.5. The summed E-state index contributed by atoms with van der Waals surface area (Å²) in [6.07, 6.45) is 0.418. The Morgan fingerprint density at radius 3 is 2.72 bits per heavy atom. The Bertz CT molecular complexity index is 491. The van der Waals surface area contributed by atoms with Gasteiger partial charge in [0.1, 0.15) is 6.07 Å². The first-order valence-corrected chi connectivity index (χ1v) is 6.03. The molecule has 0 heterocycles. The van der Waals surface area contributed by atoms with Crippen LogP contribution in [0.25, 0.3) is 0 Å². The zero-order chi connectivity index (χ0) is 13.5. The highest BCUT2D eigenvalue weighted by Crippen LogP contribution is 2.13. The number of anilines is 1. The first kappa shape index (κ1) is 14.1. The van der Waals surface area contributed by atoms with Crippen LogP contribution in [0.4, 0.5) is 5.69 Å². The Kier molecular flexibility index (Phi) is 5.28. The highest BCUT2D eigenvalue weighted by molar-refractivity contribution is 7.80. The molecule has 0 fully saturated rings. The number of nitriles is 1. The smallest absolute Gasteiger partial charge is 0.226 e. The average Bonchev–Trinajstić information content (AvgIpc) is 2.28. The summed E-state index contributed by atoms with van der Waals surface area (Å²) in [7, 11) is 0. The predicted molar refractivity (Wildman–Crippen MR) is 75.0 cm³/mol. The number of carbonyl (C=O) groups excluding carboxylic acids is 1. The fourth-order valence-electron chi connectivity index (χ4n) is 1.39. The van der Waals surface area contributed by atoms with Gasteiger partial charge in [0, 0.05) is 6.42 Å². The van der Waals surface area contributed by atoms with E-state index in [-0.39, 0.29) is 16.9 Å². The first-order valence-electron chi connectivity index (χ1n) is 5.63. The molecule has 1 aromatic rings. The molecule has 0 atom stereocenters. The maximum Gasteiger partial charge on any atom is 0.226 e. The van der Waals surface area contributed by atoms with Gasteiger partial charge in [0.2, 0.25) is 5.91 Å². The highest BCUT2D eigenvalue weighted by atomic mass is 32.1. The summed E-state index contributed by atoms with van der Waals surface area (Å²) < 4.78 is 0. The number of hydrogen-bond donors (Lipinski definition) is 2. The molecule has 0 aliphatic heterocycles. The van der Waals surface area contributed by atoms with E-state index < -0.39 is 0 Å². The van der Waals surface area contributed by atoms with Gasteiger partial charge in [-0.05, 0) is 30.3 Å². The Labute approximate surface area is 112 Å². The van der Waals surface area contributed by atoms with Gasteiger partial charge in [0.25, 0.3) is 0 Å². The van der Waals surface area contributed by atoms with Gasteiger partial charge in [-0.2, -0.15) is 5.26 Å². The summed E-state index contributed by atoms with van der Waals surface area (Å²) in [6, 6.07) is 9.03. The second-order valence-electron chi connectivity index (χ2n) is 4.26. The molecule has 5 heteroatoms. The van der Waals surface area contributed by atoms with Crippen molar-refractivity contribution < 1.29 is 4.79 Å². The molecule has 0 aliphatic carbocycles. The predicted octanol–water partition coefficient (Wildman–Crippen LogP) is 2.42. The van der Waals surface area contributed by atoms with E-state index in [1.165, 1.54) is 0 Å². The number of amides is 1. The van der Waals surface area contributed by atoms with Gasteiger partial charge < -0.3 is 10.6 Å². The largest absolute Gasteiger partial charge is 0.331 e. The van der Waals surface area contributed by atoms with Crippen LogP contribution in [-0.4, -0.2) is 11.0 Å². The number of hydrogen-bond acceptors (Lipinski definition) is 3. The van der Waals surface area contributed by atoms with Gasteiger partial charge in [-0.25, -0.2) is 0 Å². The van der Waals surface area contributed by atoms with Crippen LogP contribution in [0.2, 0.25) is 0 Å². The monoisotopic (exact) mass is 261 g/mol. The second kappa shape index (κ2) is 6.72. The molecule has 1 aromatic carbocycles. The van der Waals surface area contributed by atoms with E-state index in [1.54, 1.807) is 24.3 Å². The summed E-state index contributed by atoms with van der Waals surface area (Å²) in [5.74, 6) is 0.149. The molecule has 0 saturated carbocycles. The number of carbonyl (C=O) groups is 1. The van der Waals surface area contributed by atoms with Crippen molar-refractivity contribution in [3.8, 4) is 6.07 Å². The van der Waals surface area contributed by atoms with Crippen LogP contribution in [0.1, 0.15) is 25.8 Å². The summed E-state index contributed by atoms with van der Waals surface area (Å²) in [6.45, 7) is 3.92. The van der Waals surface area contributed by atoms with Crippen LogP contribution in [0, 0.1) is 17.2 Å². The molecule has 1 amide bonds. The zero-order valence-corrected chi connectivity index (χ0v) is 11.2. The van der Waals surface area contributed by atoms with Crippen molar-refractivity contribution in [2.75, 3.05) is 5.32 Å². The van der Waals surface area contributed by atoms with Crippen molar-refractivity contribution in [3.05, 3.63) is 29.8 Å². The van der Waals surface area contributed by atoms with Gasteiger partial charge in [-0.3, -0.25) is 4.79 Å². The van der Waals surface area contributed by atoms with Crippen LogP contribution in [-0.2, 0) is 4.79 Å². The van der Waals surface area contributed by atoms with Gasteiger partial charge >= 0.3 is 0 Å².